The zero-order valence-corrected chi connectivity index (χ0v) is 12.8. The molecule has 0 aliphatic rings. The van der Waals surface area contributed by atoms with E-state index >= 15 is 0 Å². The highest BCUT2D eigenvalue weighted by Crippen LogP contribution is 2.15. The third-order valence-corrected chi connectivity index (χ3v) is 3.56. The standard InChI is InChI=1S/C16H18N2O4/c1-4-17-11(2)9-13(12(17)3)15(19)10-22-16(20)14-7-5-6-8-18(14)21/h5-9H,4,10H2,1-3H3. The fourth-order valence-corrected chi connectivity index (χ4v) is 2.44. The van der Waals surface area contributed by atoms with Crippen LogP contribution in [0.3, 0.4) is 0 Å². The quantitative estimate of drug-likeness (QED) is 0.365. The van der Waals surface area contributed by atoms with Crippen LogP contribution < -0.4 is 4.73 Å². The Morgan fingerprint density at radius 3 is 2.64 bits per heavy atom. The minimum absolute atomic E-state index is 0.144. The van der Waals surface area contributed by atoms with Crippen molar-refractivity contribution in [2.75, 3.05) is 6.61 Å². The maximum atomic E-state index is 12.2. The maximum Gasteiger partial charge on any atom is 0.405 e. The first kappa shape index (κ1) is 15.8. The largest absolute Gasteiger partial charge is 0.618 e. The average Bonchev–Trinajstić information content (AvgIpc) is 2.79. The van der Waals surface area contributed by atoms with Crippen LogP contribution in [0.2, 0.25) is 0 Å². The van der Waals surface area contributed by atoms with E-state index in [4.69, 9.17) is 4.74 Å². The van der Waals surface area contributed by atoms with Gasteiger partial charge in [0, 0.05) is 35.6 Å². The van der Waals surface area contributed by atoms with Crippen LogP contribution in [0, 0.1) is 19.1 Å². The number of esters is 1. The number of carbonyl (C=O) groups excluding carboxylic acids is 2. The summed E-state index contributed by atoms with van der Waals surface area (Å²) in [5.41, 5.74) is 2.22. The van der Waals surface area contributed by atoms with Gasteiger partial charge < -0.3 is 14.5 Å². The lowest BCUT2D eigenvalue weighted by Crippen LogP contribution is -2.35. The van der Waals surface area contributed by atoms with Gasteiger partial charge in [0.15, 0.2) is 12.8 Å². The highest BCUT2D eigenvalue weighted by Gasteiger charge is 2.20. The molecule has 0 fully saturated rings. The van der Waals surface area contributed by atoms with Crippen molar-refractivity contribution in [3.05, 3.63) is 58.3 Å². The third kappa shape index (κ3) is 3.00. The number of hydrogen-bond donors (Lipinski definition) is 0. The second-order valence-corrected chi connectivity index (χ2v) is 4.94. The SMILES string of the molecule is CCn1c(C)cc(C(=O)COC(=O)c2cccc[n+]2[O-])c1C. The molecule has 2 aromatic rings. The fraction of sp³-hybridized carbons (Fsp3) is 0.312. The second-order valence-electron chi connectivity index (χ2n) is 4.94. The van der Waals surface area contributed by atoms with Gasteiger partial charge in [-0.3, -0.25) is 4.79 Å². The van der Waals surface area contributed by atoms with Crippen LogP contribution in [-0.4, -0.2) is 22.9 Å². The summed E-state index contributed by atoms with van der Waals surface area (Å²) in [6.07, 6.45) is 1.20. The molecule has 0 unspecified atom stereocenters. The summed E-state index contributed by atoms with van der Waals surface area (Å²) >= 11 is 0. The van der Waals surface area contributed by atoms with Gasteiger partial charge in [-0.25, -0.2) is 4.79 Å². The summed E-state index contributed by atoms with van der Waals surface area (Å²) in [6.45, 7) is 6.15. The van der Waals surface area contributed by atoms with Gasteiger partial charge in [0.05, 0.1) is 0 Å². The molecule has 0 spiro atoms. The number of carbonyl (C=O) groups is 2. The van der Waals surface area contributed by atoms with Gasteiger partial charge in [0.25, 0.3) is 0 Å². The molecule has 116 valence electrons. The minimum Gasteiger partial charge on any atom is -0.618 e. The monoisotopic (exact) mass is 302 g/mol. The smallest absolute Gasteiger partial charge is 0.405 e. The summed E-state index contributed by atoms with van der Waals surface area (Å²) in [5, 5.41) is 11.4. The Morgan fingerprint density at radius 1 is 1.32 bits per heavy atom. The predicted octanol–water partition coefficient (Wildman–Crippen LogP) is 1.80. The van der Waals surface area contributed by atoms with E-state index in [1.54, 1.807) is 12.1 Å². The van der Waals surface area contributed by atoms with Crippen molar-refractivity contribution in [2.45, 2.75) is 27.3 Å². The Kier molecular flexibility index (Phi) is 4.60. The summed E-state index contributed by atoms with van der Waals surface area (Å²) in [7, 11) is 0. The van der Waals surface area contributed by atoms with Gasteiger partial charge >= 0.3 is 11.7 Å². The van der Waals surface area contributed by atoms with Gasteiger partial charge in [0.1, 0.15) is 0 Å². The lowest BCUT2D eigenvalue weighted by molar-refractivity contribution is -0.608. The normalized spacial score (nSPS) is 10.5. The molecule has 0 aliphatic carbocycles. The molecule has 2 heterocycles. The molecule has 2 aromatic heterocycles. The molecule has 6 heteroatoms. The predicted molar refractivity (Wildman–Crippen MR) is 79.6 cm³/mol. The number of rotatable bonds is 5. The molecule has 0 amide bonds. The minimum atomic E-state index is -0.812. The van der Waals surface area contributed by atoms with E-state index in [0.29, 0.717) is 10.3 Å². The first-order valence-electron chi connectivity index (χ1n) is 7.01. The number of aryl methyl sites for hydroxylation is 1. The Bertz CT molecular complexity index is 719. The van der Waals surface area contributed by atoms with Crippen LogP contribution in [0.25, 0.3) is 0 Å². The van der Waals surface area contributed by atoms with Crippen molar-refractivity contribution in [3.63, 3.8) is 0 Å². The van der Waals surface area contributed by atoms with Crippen LogP contribution in [-0.2, 0) is 11.3 Å². The van der Waals surface area contributed by atoms with E-state index in [1.165, 1.54) is 18.3 Å². The maximum absolute atomic E-state index is 12.2. The molecule has 0 saturated carbocycles. The Labute approximate surface area is 128 Å². The number of hydrogen-bond acceptors (Lipinski definition) is 4. The highest BCUT2D eigenvalue weighted by atomic mass is 16.5. The molecule has 6 nitrogen and oxygen atoms in total. The molecular formula is C16H18N2O4. The molecule has 0 radical (unpaired) electrons. The first-order valence-corrected chi connectivity index (χ1v) is 7.01. The molecule has 0 aromatic carbocycles. The summed E-state index contributed by atoms with van der Waals surface area (Å²) in [5.74, 6) is -1.09. The Balaban J connectivity index is 2.08. The topological polar surface area (TPSA) is 75.2 Å². The first-order chi connectivity index (χ1) is 10.5. The summed E-state index contributed by atoms with van der Waals surface area (Å²) in [6, 6.07) is 6.20. The zero-order valence-electron chi connectivity index (χ0n) is 12.8. The van der Waals surface area contributed by atoms with Crippen LogP contribution in [0.4, 0.5) is 0 Å². The van der Waals surface area contributed by atoms with Crippen LogP contribution in [0.5, 0.6) is 0 Å². The van der Waals surface area contributed by atoms with E-state index < -0.39 is 5.97 Å². The number of ether oxygens (including phenoxy) is 1. The van der Waals surface area contributed by atoms with Gasteiger partial charge in [-0.2, -0.15) is 4.73 Å². The van der Waals surface area contributed by atoms with Gasteiger partial charge in [0.2, 0.25) is 5.78 Å². The van der Waals surface area contributed by atoms with Crippen LogP contribution in [0.15, 0.2) is 30.5 Å². The number of aromatic nitrogens is 2. The number of nitrogens with zero attached hydrogens (tertiary/aromatic N) is 2. The zero-order chi connectivity index (χ0) is 16.3. The number of pyridine rings is 1. The molecule has 0 N–H and O–H groups in total. The highest BCUT2D eigenvalue weighted by molar-refractivity contribution is 6.00. The van der Waals surface area contributed by atoms with E-state index in [9.17, 15) is 14.8 Å². The third-order valence-electron chi connectivity index (χ3n) is 3.56. The van der Waals surface area contributed by atoms with E-state index in [1.807, 2.05) is 25.3 Å². The average molecular weight is 302 g/mol. The summed E-state index contributed by atoms with van der Waals surface area (Å²) < 4.78 is 7.37. The molecule has 2 rings (SSSR count). The van der Waals surface area contributed by atoms with Crippen molar-refractivity contribution in [2.24, 2.45) is 0 Å². The second kappa shape index (κ2) is 6.43. The van der Waals surface area contributed by atoms with E-state index in [2.05, 4.69) is 0 Å². The summed E-state index contributed by atoms with van der Waals surface area (Å²) in [4.78, 5) is 24.0. The Morgan fingerprint density at radius 2 is 2.05 bits per heavy atom. The molecule has 0 atom stereocenters. The van der Waals surface area contributed by atoms with Crippen molar-refractivity contribution in [1.29, 1.82) is 0 Å². The molecular weight excluding hydrogens is 284 g/mol. The van der Waals surface area contributed by atoms with Crippen molar-refractivity contribution < 1.29 is 19.1 Å². The Hall–Kier alpha value is -2.63. The van der Waals surface area contributed by atoms with E-state index in [0.717, 1.165) is 17.9 Å². The van der Waals surface area contributed by atoms with Gasteiger partial charge in [-0.1, -0.05) is 0 Å². The van der Waals surface area contributed by atoms with Gasteiger partial charge in [-0.15, -0.1) is 0 Å². The van der Waals surface area contributed by atoms with Crippen molar-refractivity contribution in [3.8, 4) is 0 Å². The molecule has 0 saturated heterocycles. The number of ketones is 1. The lowest BCUT2D eigenvalue weighted by atomic mass is 10.1. The van der Waals surface area contributed by atoms with Crippen LogP contribution in [0.1, 0.15) is 39.2 Å². The van der Waals surface area contributed by atoms with E-state index in [-0.39, 0.29) is 18.1 Å². The van der Waals surface area contributed by atoms with Crippen molar-refractivity contribution in [1.82, 2.24) is 4.57 Å². The molecule has 0 aliphatic heterocycles. The van der Waals surface area contributed by atoms with Crippen molar-refractivity contribution >= 4 is 11.8 Å². The fourth-order valence-electron chi connectivity index (χ4n) is 2.44. The molecule has 22 heavy (non-hydrogen) atoms. The molecule has 0 bridgehead atoms. The number of Topliss-reactive ketones (excluding diaryl/α,β-unsaturated/α-hetero) is 1. The van der Waals surface area contributed by atoms with Gasteiger partial charge in [-0.05, 0) is 32.9 Å². The van der Waals surface area contributed by atoms with Crippen LogP contribution >= 0.6 is 0 Å². The lowest BCUT2D eigenvalue weighted by Gasteiger charge is -2.06.